The zero-order chi connectivity index (χ0) is 29.1. The van der Waals surface area contributed by atoms with Crippen molar-refractivity contribution < 1.29 is 28.4 Å². The van der Waals surface area contributed by atoms with Crippen LogP contribution in [0.15, 0.2) is 65.3 Å². The van der Waals surface area contributed by atoms with Gasteiger partial charge in [-0.1, -0.05) is 25.1 Å². The lowest BCUT2D eigenvalue weighted by Gasteiger charge is -2.33. The molecule has 1 aliphatic heterocycles. The maximum atomic E-state index is 5.73. The number of methoxy groups -OCH3 is 6. The van der Waals surface area contributed by atoms with Gasteiger partial charge in [-0.3, -0.25) is 5.01 Å². The topological polar surface area (TPSA) is 71.0 Å². The summed E-state index contributed by atoms with van der Waals surface area (Å²) in [5.74, 6) is 4.23. The van der Waals surface area contributed by atoms with E-state index >= 15 is 0 Å². The molecule has 1 aliphatic carbocycles. The van der Waals surface area contributed by atoms with Crippen molar-refractivity contribution in [3.05, 3.63) is 71.3 Å². The van der Waals surface area contributed by atoms with E-state index in [-0.39, 0.29) is 12.0 Å². The molecule has 8 nitrogen and oxygen atoms in total. The maximum absolute atomic E-state index is 5.73. The van der Waals surface area contributed by atoms with Gasteiger partial charge in [0.2, 0.25) is 11.5 Å². The molecule has 1 fully saturated rings. The van der Waals surface area contributed by atoms with Crippen LogP contribution < -0.4 is 33.4 Å². The Morgan fingerprint density at radius 2 is 1.27 bits per heavy atom. The molecule has 0 aromatic heterocycles. The predicted molar refractivity (Wildman–Crippen MR) is 161 cm³/mol. The van der Waals surface area contributed by atoms with E-state index < -0.39 is 0 Å². The highest BCUT2D eigenvalue weighted by molar-refractivity contribution is 6.08. The predicted octanol–water partition coefficient (Wildman–Crippen LogP) is 6.79. The molecule has 41 heavy (non-hydrogen) atoms. The molecule has 0 spiro atoms. The van der Waals surface area contributed by atoms with Crippen LogP contribution in [-0.4, -0.2) is 48.4 Å². The van der Waals surface area contributed by atoms with Crippen molar-refractivity contribution >= 4 is 17.5 Å². The van der Waals surface area contributed by atoms with Crippen molar-refractivity contribution in [2.45, 2.75) is 25.8 Å². The third-order valence-corrected chi connectivity index (χ3v) is 7.84. The van der Waals surface area contributed by atoms with E-state index in [1.165, 1.54) is 5.57 Å². The van der Waals surface area contributed by atoms with Gasteiger partial charge in [-0.2, -0.15) is 5.10 Å². The molecule has 8 heteroatoms. The van der Waals surface area contributed by atoms with Crippen LogP contribution in [0.25, 0.3) is 6.08 Å². The van der Waals surface area contributed by atoms with Gasteiger partial charge in [-0.15, -0.1) is 0 Å². The Balaban J connectivity index is 1.65. The molecule has 3 aromatic rings. The van der Waals surface area contributed by atoms with Crippen molar-refractivity contribution in [1.29, 1.82) is 0 Å². The zero-order valence-corrected chi connectivity index (χ0v) is 24.8. The maximum Gasteiger partial charge on any atom is 0.203 e. The summed E-state index contributed by atoms with van der Waals surface area (Å²) in [6, 6.07) is 18.3. The van der Waals surface area contributed by atoms with Gasteiger partial charge >= 0.3 is 0 Å². The molecule has 1 saturated carbocycles. The number of fused-ring (bicyclic) bond motifs is 1. The lowest BCUT2D eigenvalue weighted by atomic mass is 9.73. The van der Waals surface area contributed by atoms with Crippen LogP contribution in [0.5, 0.6) is 34.5 Å². The van der Waals surface area contributed by atoms with E-state index in [1.54, 1.807) is 42.7 Å². The molecule has 0 N–H and O–H groups in total. The number of nitrogens with zero attached hydrogens (tertiary/aromatic N) is 2. The Morgan fingerprint density at radius 1 is 0.732 bits per heavy atom. The largest absolute Gasteiger partial charge is 0.493 e. The summed E-state index contributed by atoms with van der Waals surface area (Å²) in [7, 11) is 9.79. The highest BCUT2D eigenvalue weighted by Gasteiger charge is 2.44. The summed E-state index contributed by atoms with van der Waals surface area (Å²) in [6.45, 7) is 2.30. The van der Waals surface area contributed by atoms with Crippen molar-refractivity contribution in [2.24, 2.45) is 16.9 Å². The standard InChI is InChI=1S/C33H38N2O6/c1-20-13-22(15-21-16-26(36-2)32(40-6)27(17-21)37-3)30-25(14-20)31(35(34-30)24-11-9-8-10-12-24)23-18-28(38-4)33(41-7)29(19-23)39-5/h8-12,15-20,25,31H,13-14H2,1-7H3/b22-15+. The van der Waals surface area contributed by atoms with Gasteiger partial charge in [0.25, 0.3) is 0 Å². The van der Waals surface area contributed by atoms with Crippen LogP contribution >= 0.6 is 0 Å². The first-order chi connectivity index (χ1) is 20.0. The average Bonchev–Trinajstić information content (AvgIpc) is 3.39. The molecular formula is C33H38N2O6. The second-order valence-corrected chi connectivity index (χ2v) is 10.3. The number of hydrazone groups is 1. The van der Waals surface area contributed by atoms with E-state index in [0.29, 0.717) is 40.4 Å². The second kappa shape index (κ2) is 12.0. The number of allylic oxidation sites excluding steroid dienone is 1. The van der Waals surface area contributed by atoms with Crippen LogP contribution in [0, 0.1) is 11.8 Å². The van der Waals surface area contributed by atoms with Crippen LogP contribution in [0.4, 0.5) is 5.69 Å². The minimum absolute atomic E-state index is 0.0628. The molecule has 0 radical (unpaired) electrons. The first kappa shape index (κ1) is 28.2. The van der Waals surface area contributed by atoms with Gasteiger partial charge in [-0.25, -0.2) is 0 Å². The molecule has 216 valence electrons. The molecular weight excluding hydrogens is 520 g/mol. The minimum atomic E-state index is -0.0628. The second-order valence-electron chi connectivity index (χ2n) is 10.3. The molecule has 0 bridgehead atoms. The molecule has 5 rings (SSSR count). The van der Waals surface area contributed by atoms with Crippen LogP contribution in [-0.2, 0) is 0 Å². The molecule has 3 aromatic carbocycles. The monoisotopic (exact) mass is 558 g/mol. The van der Waals surface area contributed by atoms with Crippen LogP contribution in [0.3, 0.4) is 0 Å². The highest BCUT2D eigenvalue weighted by Crippen LogP contribution is 2.50. The number of benzene rings is 3. The summed E-state index contributed by atoms with van der Waals surface area (Å²) in [5.41, 5.74) is 5.31. The van der Waals surface area contributed by atoms with Gasteiger partial charge in [0.05, 0.1) is 60.1 Å². The average molecular weight is 559 g/mol. The van der Waals surface area contributed by atoms with Gasteiger partial charge in [-0.05, 0) is 77.9 Å². The van der Waals surface area contributed by atoms with Crippen molar-refractivity contribution in [1.82, 2.24) is 0 Å². The molecule has 3 unspecified atom stereocenters. The quantitative estimate of drug-likeness (QED) is 0.287. The fraction of sp³-hybridized carbons (Fsp3) is 0.364. The lowest BCUT2D eigenvalue weighted by molar-refractivity contribution is 0.322. The number of anilines is 1. The smallest absolute Gasteiger partial charge is 0.203 e. The van der Waals surface area contributed by atoms with Crippen LogP contribution in [0.2, 0.25) is 0 Å². The first-order valence-electron chi connectivity index (χ1n) is 13.7. The fourth-order valence-electron chi connectivity index (χ4n) is 6.08. The number of hydrogen-bond acceptors (Lipinski definition) is 8. The minimum Gasteiger partial charge on any atom is -0.493 e. The highest BCUT2D eigenvalue weighted by atomic mass is 16.5. The summed E-state index contributed by atoms with van der Waals surface area (Å²) in [4.78, 5) is 0. The lowest BCUT2D eigenvalue weighted by Crippen LogP contribution is -2.30. The molecule has 2 aliphatic rings. The Hall–Kier alpha value is -4.33. The first-order valence-corrected chi connectivity index (χ1v) is 13.7. The van der Waals surface area contributed by atoms with Crippen LogP contribution in [0.1, 0.15) is 36.9 Å². The van der Waals surface area contributed by atoms with E-state index in [4.69, 9.17) is 33.5 Å². The molecule has 3 atom stereocenters. The third-order valence-electron chi connectivity index (χ3n) is 7.84. The summed E-state index contributed by atoms with van der Waals surface area (Å²) < 4.78 is 33.9. The van der Waals surface area contributed by atoms with E-state index in [0.717, 1.165) is 35.4 Å². The molecule has 0 saturated heterocycles. The third kappa shape index (κ3) is 5.26. The molecule has 1 heterocycles. The number of hydrogen-bond donors (Lipinski definition) is 0. The Kier molecular flexibility index (Phi) is 8.28. The van der Waals surface area contributed by atoms with Gasteiger partial charge in [0.15, 0.2) is 23.0 Å². The fourth-order valence-corrected chi connectivity index (χ4v) is 6.08. The van der Waals surface area contributed by atoms with Crippen molar-refractivity contribution in [2.75, 3.05) is 47.7 Å². The normalized spacial score (nSPS) is 20.8. The summed E-state index contributed by atoms with van der Waals surface area (Å²) in [5, 5.41) is 7.44. The van der Waals surface area contributed by atoms with E-state index in [1.807, 2.05) is 42.5 Å². The number of rotatable bonds is 9. The number of para-hydroxylation sites is 1. The van der Waals surface area contributed by atoms with Crippen molar-refractivity contribution in [3.8, 4) is 34.5 Å². The van der Waals surface area contributed by atoms with Gasteiger partial charge < -0.3 is 28.4 Å². The van der Waals surface area contributed by atoms with Gasteiger partial charge in [0, 0.05) is 5.92 Å². The Morgan fingerprint density at radius 3 is 1.78 bits per heavy atom. The molecule has 0 amide bonds. The SMILES string of the molecule is COc1cc(/C=C2\CC(C)CC3C2=NN(c2ccccc2)C3c2cc(OC)c(OC)c(OC)c2)cc(OC)c1OC. The van der Waals surface area contributed by atoms with Crippen molar-refractivity contribution in [3.63, 3.8) is 0 Å². The van der Waals surface area contributed by atoms with E-state index in [9.17, 15) is 0 Å². The van der Waals surface area contributed by atoms with Gasteiger partial charge in [0.1, 0.15) is 0 Å². The number of ether oxygens (including phenoxy) is 6. The Labute approximate surface area is 242 Å². The summed E-state index contributed by atoms with van der Waals surface area (Å²) >= 11 is 0. The Bertz CT molecular complexity index is 1400. The van der Waals surface area contributed by atoms with E-state index in [2.05, 4.69) is 30.1 Å². The summed E-state index contributed by atoms with van der Waals surface area (Å²) in [6.07, 6.45) is 4.11. The zero-order valence-electron chi connectivity index (χ0n) is 24.8.